The van der Waals surface area contributed by atoms with E-state index < -0.39 is 0 Å². The summed E-state index contributed by atoms with van der Waals surface area (Å²) in [6.07, 6.45) is 5.45. The van der Waals surface area contributed by atoms with Gasteiger partial charge in [-0.05, 0) is 43.7 Å². The third-order valence-electron chi connectivity index (χ3n) is 4.01. The van der Waals surface area contributed by atoms with Gasteiger partial charge in [0.2, 0.25) is 0 Å². The minimum Gasteiger partial charge on any atom is -0.384 e. The van der Waals surface area contributed by atoms with Gasteiger partial charge in [-0.2, -0.15) is 5.10 Å². The zero-order valence-electron chi connectivity index (χ0n) is 11.9. The smallest absolute Gasteiger partial charge is 0.149 e. The molecule has 1 aromatic carbocycles. The summed E-state index contributed by atoms with van der Waals surface area (Å²) >= 11 is 0. The Labute approximate surface area is 119 Å². The van der Waals surface area contributed by atoms with Crippen molar-refractivity contribution in [1.82, 2.24) is 9.78 Å². The average Bonchev–Trinajstić information content (AvgIpc) is 2.83. The van der Waals surface area contributed by atoms with Gasteiger partial charge >= 0.3 is 0 Å². The Kier molecular flexibility index (Phi) is 3.74. The van der Waals surface area contributed by atoms with Crippen molar-refractivity contribution in [1.29, 1.82) is 0 Å². The molecule has 20 heavy (non-hydrogen) atoms. The number of nitrogens with zero attached hydrogens (tertiary/aromatic N) is 2. The van der Waals surface area contributed by atoms with Crippen LogP contribution in [0.15, 0.2) is 24.3 Å². The fourth-order valence-corrected chi connectivity index (χ4v) is 2.97. The molecule has 1 heterocycles. The first-order valence-electron chi connectivity index (χ1n) is 7.24. The Morgan fingerprint density at radius 3 is 2.90 bits per heavy atom. The molecule has 1 aliphatic rings. The van der Waals surface area contributed by atoms with Crippen LogP contribution in [-0.2, 0) is 24.0 Å². The minimum absolute atomic E-state index is 0.696. The van der Waals surface area contributed by atoms with E-state index in [2.05, 4.69) is 34.0 Å². The van der Waals surface area contributed by atoms with Crippen LogP contribution in [0.5, 0.6) is 0 Å². The van der Waals surface area contributed by atoms with E-state index in [9.17, 15) is 0 Å². The van der Waals surface area contributed by atoms with Gasteiger partial charge in [0.25, 0.3) is 0 Å². The average molecular weight is 271 g/mol. The molecule has 4 heteroatoms. The number of benzene rings is 1. The number of ether oxygens (including phenoxy) is 1. The van der Waals surface area contributed by atoms with Gasteiger partial charge in [-0.1, -0.05) is 18.2 Å². The lowest BCUT2D eigenvalue weighted by Gasteiger charge is -2.16. The highest BCUT2D eigenvalue weighted by Gasteiger charge is 2.20. The maximum atomic E-state index is 6.09. The normalized spacial score (nSPS) is 14.2. The maximum absolute atomic E-state index is 6.09. The maximum Gasteiger partial charge on any atom is 0.149 e. The number of para-hydroxylation sites is 1. The summed E-state index contributed by atoms with van der Waals surface area (Å²) in [6, 6.07) is 8.38. The number of methoxy groups -OCH3 is 1. The van der Waals surface area contributed by atoms with Gasteiger partial charge in [0.15, 0.2) is 0 Å². The van der Waals surface area contributed by atoms with Crippen LogP contribution < -0.4 is 5.73 Å². The van der Waals surface area contributed by atoms with Gasteiger partial charge in [0, 0.05) is 18.4 Å². The summed E-state index contributed by atoms with van der Waals surface area (Å²) in [5.41, 5.74) is 11.0. The van der Waals surface area contributed by atoms with Crippen LogP contribution in [0, 0.1) is 0 Å². The summed E-state index contributed by atoms with van der Waals surface area (Å²) in [4.78, 5) is 0. The summed E-state index contributed by atoms with van der Waals surface area (Å²) in [5.74, 6) is 0.696. The molecule has 2 N–H and O–H groups in total. The lowest BCUT2D eigenvalue weighted by Crippen LogP contribution is -2.10. The molecule has 3 rings (SSSR count). The van der Waals surface area contributed by atoms with E-state index in [1.54, 1.807) is 7.11 Å². The van der Waals surface area contributed by atoms with E-state index in [0.717, 1.165) is 31.6 Å². The summed E-state index contributed by atoms with van der Waals surface area (Å²) in [7, 11) is 1.73. The number of hydrogen-bond donors (Lipinski definition) is 1. The fourth-order valence-electron chi connectivity index (χ4n) is 2.97. The molecule has 4 nitrogen and oxygen atoms in total. The third kappa shape index (κ3) is 2.31. The predicted molar refractivity (Wildman–Crippen MR) is 80.2 cm³/mol. The molecule has 0 unspecified atom stereocenters. The Bertz CT molecular complexity index is 604. The molecule has 0 saturated heterocycles. The number of anilines is 1. The van der Waals surface area contributed by atoms with Crippen LogP contribution in [0.3, 0.4) is 0 Å². The van der Waals surface area contributed by atoms with Gasteiger partial charge in [-0.25, -0.2) is 4.68 Å². The van der Waals surface area contributed by atoms with E-state index in [1.165, 1.54) is 29.7 Å². The van der Waals surface area contributed by atoms with E-state index in [1.807, 2.05) is 0 Å². The SMILES string of the molecule is COCCc1ccccc1-n1nc(N)c2c1CCCC2. The zero-order valence-corrected chi connectivity index (χ0v) is 11.9. The van der Waals surface area contributed by atoms with Crippen molar-refractivity contribution in [3.8, 4) is 5.69 Å². The molecule has 106 valence electrons. The molecule has 0 bridgehead atoms. The molecule has 0 amide bonds. The molecule has 1 aromatic heterocycles. The van der Waals surface area contributed by atoms with Crippen molar-refractivity contribution >= 4 is 5.82 Å². The Morgan fingerprint density at radius 1 is 1.25 bits per heavy atom. The highest BCUT2D eigenvalue weighted by atomic mass is 16.5. The monoisotopic (exact) mass is 271 g/mol. The van der Waals surface area contributed by atoms with E-state index in [-0.39, 0.29) is 0 Å². The second-order valence-corrected chi connectivity index (χ2v) is 5.30. The second-order valence-electron chi connectivity index (χ2n) is 5.30. The summed E-state index contributed by atoms with van der Waals surface area (Å²) < 4.78 is 7.25. The number of fused-ring (bicyclic) bond motifs is 1. The number of nitrogen functional groups attached to an aromatic ring is 1. The molecular weight excluding hydrogens is 250 g/mol. The number of nitrogens with two attached hydrogens (primary N) is 1. The molecule has 2 aromatic rings. The van der Waals surface area contributed by atoms with Crippen molar-refractivity contribution in [2.75, 3.05) is 19.5 Å². The standard InChI is InChI=1S/C16H21N3O/c1-20-11-10-12-6-2-4-8-14(12)19-15-9-5-3-7-13(15)16(17)18-19/h2,4,6,8H,3,5,7,9-11H2,1H3,(H2,17,18). The summed E-state index contributed by atoms with van der Waals surface area (Å²) in [5, 5.41) is 4.58. The molecular formula is C16H21N3O. The van der Waals surface area contributed by atoms with Crippen LogP contribution in [0.1, 0.15) is 29.7 Å². The second kappa shape index (κ2) is 5.67. The van der Waals surface area contributed by atoms with E-state index >= 15 is 0 Å². The highest BCUT2D eigenvalue weighted by Crippen LogP contribution is 2.29. The third-order valence-corrected chi connectivity index (χ3v) is 4.01. The van der Waals surface area contributed by atoms with Crippen molar-refractivity contribution in [2.45, 2.75) is 32.1 Å². The largest absolute Gasteiger partial charge is 0.384 e. The minimum atomic E-state index is 0.696. The van der Waals surface area contributed by atoms with Crippen molar-refractivity contribution < 1.29 is 4.74 Å². The van der Waals surface area contributed by atoms with E-state index in [4.69, 9.17) is 10.5 Å². The van der Waals surface area contributed by atoms with Crippen molar-refractivity contribution in [3.63, 3.8) is 0 Å². The fraction of sp³-hybridized carbons (Fsp3) is 0.438. The van der Waals surface area contributed by atoms with Crippen LogP contribution >= 0.6 is 0 Å². The van der Waals surface area contributed by atoms with Crippen molar-refractivity contribution in [2.24, 2.45) is 0 Å². The molecule has 0 spiro atoms. The lowest BCUT2D eigenvalue weighted by molar-refractivity contribution is 0.202. The van der Waals surface area contributed by atoms with Crippen LogP contribution in [0.25, 0.3) is 5.69 Å². The molecule has 0 fully saturated rings. The Morgan fingerprint density at radius 2 is 2.05 bits per heavy atom. The molecule has 0 aliphatic heterocycles. The van der Waals surface area contributed by atoms with Gasteiger partial charge in [0.05, 0.1) is 12.3 Å². The molecule has 0 saturated carbocycles. The first-order valence-corrected chi connectivity index (χ1v) is 7.24. The van der Waals surface area contributed by atoms with Crippen LogP contribution in [0.4, 0.5) is 5.82 Å². The topological polar surface area (TPSA) is 53.1 Å². The Hall–Kier alpha value is -1.81. The first kappa shape index (κ1) is 13.2. The molecule has 0 atom stereocenters. The molecule has 1 aliphatic carbocycles. The van der Waals surface area contributed by atoms with Gasteiger partial charge in [-0.3, -0.25) is 0 Å². The van der Waals surface area contributed by atoms with Crippen LogP contribution in [-0.4, -0.2) is 23.5 Å². The number of rotatable bonds is 4. The highest BCUT2D eigenvalue weighted by molar-refractivity contribution is 5.50. The van der Waals surface area contributed by atoms with E-state index in [0.29, 0.717) is 5.82 Å². The van der Waals surface area contributed by atoms with Gasteiger partial charge in [-0.15, -0.1) is 0 Å². The number of hydrogen-bond acceptors (Lipinski definition) is 3. The predicted octanol–water partition coefficient (Wildman–Crippen LogP) is 2.52. The first-order chi connectivity index (χ1) is 9.81. The van der Waals surface area contributed by atoms with Gasteiger partial charge in [0.1, 0.15) is 5.82 Å². The lowest BCUT2D eigenvalue weighted by atomic mass is 9.97. The molecule has 0 radical (unpaired) electrons. The quantitative estimate of drug-likeness (QED) is 0.929. The van der Waals surface area contributed by atoms with Gasteiger partial charge < -0.3 is 10.5 Å². The summed E-state index contributed by atoms with van der Waals surface area (Å²) in [6.45, 7) is 0.718. The Balaban J connectivity index is 2.05. The number of aromatic nitrogens is 2. The van der Waals surface area contributed by atoms with Crippen LogP contribution in [0.2, 0.25) is 0 Å². The zero-order chi connectivity index (χ0) is 13.9. The van der Waals surface area contributed by atoms with Crippen molar-refractivity contribution in [3.05, 3.63) is 41.1 Å².